The van der Waals surface area contributed by atoms with E-state index in [0.717, 1.165) is 51.4 Å². The minimum Gasteiger partial charge on any atom is -0.463 e. The molecule has 0 aliphatic carbocycles. The summed E-state index contributed by atoms with van der Waals surface area (Å²) in [6.07, 6.45) is 42.5. The molecule has 0 aromatic rings. The summed E-state index contributed by atoms with van der Waals surface area (Å²) in [5.74, 6) is -0.524. The van der Waals surface area contributed by atoms with E-state index in [-0.39, 0.29) is 32.1 Å². The molecule has 3 N–H and O–H groups in total. The maximum absolute atomic E-state index is 12.1. The van der Waals surface area contributed by atoms with Gasteiger partial charge in [-0.3, -0.25) is 18.6 Å². The molecule has 0 aliphatic rings. The normalized spacial score (nSPS) is 13.5. The highest BCUT2D eigenvalue weighted by atomic mass is 31.2. The lowest BCUT2D eigenvalue weighted by Crippen LogP contribution is -2.27. The molecule has 1 amide bonds. The molecule has 0 rings (SSSR count). The van der Waals surface area contributed by atoms with Crippen molar-refractivity contribution in [3.05, 3.63) is 24.3 Å². The third-order valence-electron chi connectivity index (χ3n) is 9.35. The number of amides is 1. The maximum Gasteiger partial charge on any atom is 0.472 e. The Kier molecular flexibility index (Phi) is 39.0. The summed E-state index contributed by atoms with van der Waals surface area (Å²) in [5, 5.41) is 12.7. The van der Waals surface area contributed by atoms with Gasteiger partial charge in [-0.2, -0.15) is 0 Å². The van der Waals surface area contributed by atoms with Gasteiger partial charge in [-0.25, -0.2) is 4.57 Å². The quantitative estimate of drug-likeness (QED) is 0.0242. The Labute approximate surface area is 325 Å². The monoisotopic (exact) mass is 772 g/mol. The average molecular weight is 772 g/mol. The summed E-state index contributed by atoms with van der Waals surface area (Å²) in [5.41, 5.74) is 0. The Morgan fingerprint density at radius 2 is 0.962 bits per heavy atom. The van der Waals surface area contributed by atoms with Gasteiger partial charge < -0.3 is 20.1 Å². The molecule has 0 bridgehead atoms. The SMILES string of the molecule is CCCCCC/C=C\CCCCCCCC(=O)NCCOP(=O)(O)OCC(O)COC(=O)CCCCCCCCCCC/C=C/CCCCCCCC. The van der Waals surface area contributed by atoms with E-state index in [1.165, 1.54) is 128 Å². The number of aliphatic hydroxyl groups is 1. The molecular formula is C43H82NO8P. The lowest BCUT2D eigenvalue weighted by molar-refractivity contribution is -0.147. The maximum atomic E-state index is 12.1. The number of carbonyl (C=O) groups is 2. The number of phosphoric acid groups is 1. The van der Waals surface area contributed by atoms with Crippen molar-refractivity contribution in [3.63, 3.8) is 0 Å². The first kappa shape index (κ1) is 51.5. The van der Waals surface area contributed by atoms with Crippen LogP contribution < -0.4 is 5.32 Å². The zero-order valence-electron chi connectivity index (χ0n) is 34.2. The van der Waals surface area contributed by atoms with Crippen LogP contribution in [0.1, 0.15) is 206 Å². The number of esters is 1. The predicted octanol–water partition coefficient (Wildman–Crippen LogP) is 12.0. The van der Waals surface area contributed by atoms with Crippen molar-refractivity contribution in [2.45, 2.75) is 213 Å². The van der Waals surface area contributed by atoms with Gasteiger partial charge in [0.15, 0.2) is 0 Å². The number of aliphatic hydroxyl groups excluding tert-OH is 1. The van der Waals surface area contributed by atoms with Crippen LogP contribution in [0.25, 0.3) is 0 Å². The van der Waals surface area contributed by atoms with Gasteiger partial charge in [0.05, 0.1) is 13.2 Å². The summed E-state index contributed by atoms with van der Waals surface area (Å²) in [6.45, 7) is 3.53. The van der Waals surface area contributed by atoms with E-state index in [1.54, 1.807) is 0 Å². The van der Waals surface area contributed by atoms with Gasteiger partial charge in [0, 0.05) is 19.4 Å². The Balaban J connectivity index is 3.59. The third kappa shape index (κ3) is 41.5. The second-order valence-electron chi connectivity index (χ2n) is 14.7. The highest BCUT2D eigenvalue weighted by Gasteiger charge is 2.23. The van der Waals surface area contributed by atoms with Crippen molar-refractivity contribution in [3.8, 4) is 0 Å². The number of unbranched alkanes of at least 4 members (excludes halogenated alkanes) is 24. The fraction of sp³-hybridized carbons (Fsp3) is 0.860. The minimum absolute atomic E-state index is 0.0785. The third-order valence-corrected chi connectivity index (χ3v) is 10.3. The Morgan fingerprint density at radius 1 is 0.566 bits per heavy atom. The predicted molar refractivity (Wildman–Crippen MR) is 220 cm³/mol. The molecule has 0 aliphatic heterocycles. The van der Waals surface area contributed by atoms with Crippen LogP contribution in [-0.4, -0.2) is 54.3 Å². The molecule has 0 spiro atoms. The van der Waals surface area contributed by atoms with E-state index in [9.17, 15) is 24.2 Å². The van der Waals surface area contributed by atoms with Crippen LogP contribution in [0.3, 0.4) is 0 Å². The standard InChI is InChI=1S/C43H82NO8P/c1-3-5-7-9-11-13-15-17-18-19-20-21-22-24-26-28-30-32-34-36-43(47)50-39-41(45)40-52-53(48,49)51-38-37-44-42(46)35-33-31-29-27-25-23-16-14-12-10-8-6-4-2/h14,16-18,41,45H,3-13,15,19-40H2,1-2H3,(H,44,46)(H,48,49)/b16-14-,18-17+. The summed E-state index contributed by atoms with van der Waals surface area (Å²) < 4.78 is 26.9. The van der Waals surface area contributed by atoms with Gasteiger partial charge in [0.1, 0.15) is 12.7 Å². The minimum atomic E-state index is -4.41. The number of phosphoric ester groups is 1. The van der Waals surface area contributed by atoms with Crippen molar-refractivity contribution in [2.75, 3.05) is 26.4 Å². The Morgan fingerprint density at radius 3 is 1.43 bits per heavy atom. The van der Waals surface area contributed by atoms with Crippen LogP contribution in [0.5, 0.6) is 0 Å². The molecule has 0 aromatic heterocycles. The largest absolute Gasteiger partial charge is 0.472 e. The van der Waals surface area contributed by atoms with Crippen LogP contribution in [0, 0.1) is 0 Å². The van der Waals surface area contributed by atoms with Gasteiger partial charge in [-0.05, 0) is 64.2 Å². The van der Waals surface area contributed by atoms with Crippen molar-refractivity contribution < 1.29 is 37.9 Å². The van der Waals surface area contributed by atoms with Crippen LogP contribution in [0.4, 0.5) is 0 Å². The fourth-order valence-electron chi connectivity index (χ4n) is 6.02. The van der Waals surface area contributed by atoms with E-state index < -0.39 is 26.5 Å². The number of hydrogen-bond acceptors (Lipinski definition) is 7. The van der Waals surface area contributed by atoms with E-state index in [0.29, 0.717) is 6.42 Å². The van der Waals surface area contributed by atoms with Crippen molar-refractivity contribution >= 4 is 19.7 Å². The van der Waals surface area contributed by atoms with Gasteiger partial charge >= 0.3 is 13.8 Å². The van der Waals surface area contributed by atoms with E-state index in [4.69, 9.17) is 13.8 Å². The molecule has 9 nitrogen and oxygen atoms in total. The molecule has 0 aromatic carbocycles. The molecule has 0 heterocycles. The van der Waals surface area contributed by atoms with Crippen LogP contribution in [0.2, 0.25) is 0 Å². The molecular weight excluding hydrogens is 689 g/mol. The molecule has 0 radical (unpaired) electrons. The molecule has 0 saturated carbocycles. The molecule has 2 unspecified atom stereocenters. The summed E-state index contributed by atoms with van der Waals surface area (Å²) in [4.78, 5) is 33.9. The Bertz CT molecular complexity index is 928. The first-order chi connectivity index (χ1) is 25.8. The second kappa shape index (κ2) is 40.2. The highest BCUT2D eigenvalue weighted by Crippen LogP contribution is 2.42. The fourth-order valence-corrected chi connectivity index (χ4v) is 6.77. The lowest BCUT2D eigenvalue weighted by atomic mass is 10.1. The van der Waals surface area contributed by atoms with Crippen molar-refractivity contribution in [1.29, 1.82) is 0 Å². The second-order valence-corrected chi connectivity index (χ2v) is 16.1. The smallest absolute Gasteiger partial charge is 0.463 e. The van der Waals surface area contributed by atoms with Crippen molar-refractivity contribution in [1.82, 2.24) is 5.32 Å². The van der Waals surface area contributed by atoms with Gasteiger partial charge in [-0.15, -0.1) is 0 Å². The molecule has 0 fully saturated rings. The van der Waals surface area contributed by atoms with Gasteiger partial charge in [-0.1, -0.05) is 154 Å². The summed E-state index contributed by atoms with van der Waals surface area (Å²) in [6, 6.07) is 0. The first-order valence-electron chi connectivity index (χ1n) is 21.8. The number of hydrogen-bond donors (Lipinski definition) is 3. The number of nitrogens with one attached hydrogen (secondary N) is 1. The van der Waals surface area contributed by atoms with E-state index in [1.807, 2.05) is 0 Å². The molecule has 312 valence electrons. The van der Waals surface area contributed by atoms with Crippen LogP contribution in [0.15, 0.2) is 24.3 Å². The van der Waals surface area contributed by atoms with Gasteiger partial charge in [0.25, 0.3) is 0 Å². The first-order valence-corrected chi connectivity index (χ1v) is 23.3. The Hall–Kier alpha value is -1.51. The van der Waals surface area contributed by atoms with E-state index >= 15 is 0 Å². The number of ether oxygens (including phenoxy) is 1. The van der Waals surface area contributed by atoms with Crippen LogP contribution in [-0.2, 0) is 27.9 Å². The highest BCUT2D eigenvalue weighted by molar-refractivity contribution is 7.47. The summed E-state index contributed by atoms with van der Waals surface area (Å²) in [7, 11) is -4.41. The topological polar surface area (TPSA) is 131 Å². The van der Waals surface area contributed by atoms with E-state index in [2.05, 4.69) is 43.5 Å². The van der Waals surface area contributed by atoms with Gasteiger partial charge in [0.2, 0.25) is 5.91 Å². The number of carbonyl (C=O) groups excluding carboxylic acids is 2. The molecule has 10 heteroatoms. The van der Waals surface area contributed by atoms with Crippen LogP contribution >= 0.6 is 7.82 Å². The number of rotatable bonds is 41. The molecule has 53 heavy (non-hydrogen) atoms. The zero-order valence-corrected chi connectivity index (χ0v) is 35.1. The van der Waals surface area contributed by atoms with Crippen molar-refractivity contribution in [2.24, 2.45) is 0 Å². The lowest BCUT2D eigenvalue weighted by Gasteiger charge is -2.15. The average Bonchev–Trinajstić information content (AvgIpc) is 3.14. The zero-order chi connectivity index (χ0) is 38.9. The molecule has 2 atom stereocenters. The summed E-state index contributed by atoms with van der Waals surface area (Å²) >= 11 is 0. The number of allylic oxidation sites excluding steroid dienone is 4. The molecule has 0 saturated heterocycles.